The number of halogens is 1. The maximum atomic E-state index is 13.1. The van der Waals surface area contributed by atoms with Crippen LogP contribution in [0.1, 0.15) is 28.0 Å². The van der Waals surface area contributed by atoms with Crippen molar-refractivity contribution in [2.24, 2.45) is 0 Å². The van der Waals surface area contributed by atoms with Gasteiger partial charge in [0, 0.05) is 30.1 Å². The summed E-state index contributed by atoms with van der Waals surface area (Å²) < 4.78 is 7.48. The fraction of sp³-hybridized carbons (Fsp3) is 0.286. The first-order valence-corrected chi connectivity index (χ1v) is 9.78. The van der Waals surface area contributed by atoms with E-state index in [1.165, 1.54) is 0 Å². The highest BCUT2D eigenvalue weighted by Crippen LogP contribution is 2.26. The molecule has 8 heteroatoms. The quantitative estimate of drug-likeness (QED) is 0.646. The first kappa shape index (κ1) is 19.4. The average Bonchev–Trinajstić information content (AvgIpc) is 2.74. The number of benzene rings is 1. The topological polar surface area (TPSA) is 93.5 Å². The fourth-order valence-electron chi connectivity index (χ4n) is 3.39. The molecule has 150 valence electrons. The molecule has 0 radical (unpaired) electrons. The molecule has 1 aliphatic heterocycles. The maximum absolute atomic E-state index is 13.1. The molecule has 29 heavy (non-hydrogen) atoms. The Balaban J connectivity index is 1.69. The zero-order valence-corrected chi connectivity index (χ0v) is 16.4. The number of aryl methyl sites for hydroxylation is 1. The monoisotopic (exact) mass is 413 g/mol. The minimum atomic E-state index is -0.433. The molecular weight excluding hydrogens is 394 g/mol. The smallest absolute Gasteiger partial charge is 0.257 e. The van der Waals surface area contributed by atoms with E-state index in [9.17, 15) is 9.59 Å². The minimum absolute atomic E-state index is 0.0350. The van der Waals surface area contributed by atoms with Gasteiger partial charge in [0.05, 0.1) is 11.9 Å². The molecule has 3 aromatic rings. The molecule has 7 nitrogen and oxygen atoms in total. The third-order valence-corrected chi connectivity index (χ3v) is 5.10. The Morgan fingerprint density at radius 1 is 1.31 bits per heavy atom. The number of pyridine rings is 2. The van der Waals surface area contributed by atoms with Crippen molar-refractivity contribution < 1.29 is 14.6 Å². The highest BCUT2D eigenvalue weighted by molar-refractivity contribution is 6.30. The van der Waals surface area contributed by atoms with Crippen molar-refractivity contribution in [3.63, 3.8) is 0 Å². The van der Waals surface area contributed by atoms with Crippen LogP contribution >= 0.6 is 11.6 Å². The molecule has 1 aliphatic rings. The normalized spacial score (nSPS) is 12.6. The number of aliphatic hydroxyl groups excluding tert-OH is 1. The van der Waals surface area contributed by atoms with E-state index in [0.29, 0.717) is 60.0 Å². The van der Waals surface area contributed by atoms with Gasteiger partial charge in [-0.2, -0.15) is 0 Å². The van der Waals surface area contributed by atoms with E-state index < -0.39 is 5.91 Å². The molecule has 2 N–H and O–H groups in total. The van der Waals surface area contributed by atoms with Crippen molar-refractivity contribution in [2.75, 3.05) is 13.2 Å². The second-order valence-electron chi connectivity index (χ2n) is 6.86. The van der Waals surface area contributed by atoms with Crippen LogP contribution in [0, 0.1) is 0 Å². The second kappa shape index (κ2) is 8.23. The molecule has 1 amide bonds. The van der Waals surface area contributed by atoms with Crippen LogP contribution in [0.15, 0.2) is 41.3 Å². The summed E-state index contributed by atoms with van der Waals surface area (Å²) in [6, 6.07) is 8.84. The molecule has 0 spiro atoms. The number of nitrogens with one attached hydrogen (secondary N) is 1. The van der Waals surface area contributed by atoms with E-state index in [0.717, 1.165) is 5.56 Å². The zero-order chi connectivity index (χ0) is 20.4. The molecule has 2 aromatic heterocycles. The summed E-state index contributed by atoms with van der Waals surface area (Å²) in [4.78, 5) is 30.3. The Labute approximate surface area is 171 Å². The summed E-state index contributed by atoms with van der Waals surface area (Å²) in [5.74, 6) is -0.0377. The van der Waals surface area contributed by atoms with Gasteiger partial charge in [0.15, 0.2) is 0 Å². The Hall–Kier alpha value is -2.90. The number of amides is 1. The highest BCUT2D eigenvalue weighted by atomic mass is 35.5. The third-order valence-electron chi connectivity index (χ3n) is 4.85. The second-order valence-corrected chi connectivity index (χ2v) is 7.30. The largest absolute Gasteiger partial charge is 0.474 e. The molecule has 0 saturated heterocycles. The Morgan fingerprint density at radius 2 is 2.10 bits per heavy atom. The number of nitrogens with zero attached hydrogens (tertiary/aromatic N) is 2. The summed E-state index contributed by atoms with van der Waals surface area (Å²) in [5, 5.41) is 12.9. The maximum Gasteiger partial charge on any atom is 0.257 e. The molecule has 3 heterocycles. The van der Waals surface area contributed by atoms with Gasteiger partial charge >= 0.3 is 0 Å². The number of ether oxygens (including phenoxy) is 1. The fourth-order valence-corrected chi connectivity index (χ4v) is 3.51. The number of carbonyl (C=O) groups is 1. The standard InChI is InChI=1S/C21H20ClN3O4/c22-14-5-3-13(4-6-14)11-23-20(28)17-12-25-7-9-29-21-18(25)16(19(17)27)10-15(24-21)2-1-8-26/h3-6,10,12,26H,1-2,7-9,11H2,(H,23,28). The van der Waals surface area contributed by atoms with Crippen molar-refractivity contribution >= 4 is 28.4 Å². The molecular formula is C21H20ClN3O4. The van der Waals surface area contributed by atoms with Crippen LogP contribution in [0.5, 0.6) is 5.88 Å². The van der Waals surface area contributed by atoms with Crippen molar-refractivity contribution in [3.05, 3.63) is 68.6 Å². The number of hydrogen-bond donors (Lipinski definition) is 2. The summed E-state index contributed by atoms with van der Waals surface area (Å²) in [6.45, 7) is 1.26. The van der Waals surface area contributed by atoms with Gasteiger partial charge in [-0.15, -0.1) is 0 Å². The number of aromatic nitrogens is 2. The summed E-state index contributed by atoms with van der Waals surface area (Å²) in [7, 11) is 0. The number of carbonyl (C=O) groups excluding carboxylic acids is 1. The van der Waals surface area contributed by atoms with Crippen LogP contribution in [0.3, 0.4) is 0 Å². The van der Waals surface area contributed by atoms with E-state index in [1.807, 2.05) is 16.7 Å². The van der Waals surface area contributed by atoms with Crippen LogP contribution < -0.4 is 15.5 Å². The molecule has 1 aromatic carbocycles. The van der Waals surface area contributed by atoms with Crippen molar-refractivity contribution in [3.8, 4) is 5.88 Å². The zero-order valence-electron chi connectivity index (χ0n) is 15.7. The highest BCUT2D eigenvalue weighted by Gasteiger charge is 2.22. The molecule has 0 unspecified atom stereocenters. The molecule has 0 aliphatic carbocycles. The van der Waals surface area contributed by atoms with Gasteiger partial charge in [0.25, 0.3) is 5.91 Å². The van der Waals surface area contributed by atoms with Gasteiger partial charge in [-0.1, -0.05) is 23.7 Å². The SMILES string of the molecule is O=C(NCc1ccc(Cl)cc1)c1cn2c3c(nc(CCCO)cc3c1=O)OCC2. The van der Waals surface area contributed by atoms with Crippen LogP contribution in [0.25, 0.3) is 10.9 Å². The van der Waals surface area contributed by atoms with Gasteiger partial charge in [0.1, 0.15) is 17.7 Å². The first-order valence-electron chi connectivity index (χ1n) is 9.40. The Bertz CT molecular complexity index is 1130. The van der Waals surface area contributed by atoms with E-state index >= 15 is 0 Å². The van der Waals surface area contributed by atoms with Crippen molar-refractivity contribution in [1.29, 1.82) is 0 Å². The summed E-state index contributed by atoms with van der Waals surface area (Å²) >= 11 is 5.88. The van der Waals surface area contributed by atoms with E-state index in [4.69, 9.17) is 21.4 Å². The van der Waals surface area contributed by atoms with Crippen LogP contribution in [0.2, 0.25) is 5.02 Å². The van der Waals surface area contributed by atoms with Gasteiger partial charge in [-0.3, -0.25) is 9.59 Å². The van der Waals surface area contributed by atoms with E-state index in [2.05, 4.69) is 10.3 Å². The molecule has 4 rings (SSSR count). The van der Waals surface area contributed by atoms with Crippen LogP contribution in [-0.4, -0.2) is 33.8 Å². The predicted molar refractivity (Wildman–Crippen MR) is 110 cm³/mol. The molecule has 0 atom stereocenters. The minimum Gasteiger partial charge on any atom is -0.474 e. The lowest BCUT2D eigenvalue weighted by Crippen LogP contribution is -2.31. The third kappa shape index (κ3) is 3.97. The van der Waals surface area contributed by atoms with Gasteiger partial charge in [-0.25, -0.2) is 4.98 Å². The lowest BCUT2D eigenvalue weighted by atomic mass is 10.1. The molecule has 0 bridgehead atoms. The lowest BCUT2D eigenvalue weighted by molar-refractivity contribution is 0.0949. The summed E-state index contributed by atoms with van der Waals surface area (Å²) in [5.41, 5.74) is 1.87. The van der Waals surface area contributed by atoms with Gasteiger partial charge in [0.2, 0.25) is 11.3 Å². The van der Waals surface area contributed by atoms with Crippen molar-refractivity contribution in [1.82, 2.24) is 14.9 Å². The van der Waals surface area contributed by atoms with E-state index in [-0.39, 0.29) is 17.6 Å². The number of rotatable bonds is 6. The lowest BCUT2D eigenvalue weighted by Gasteiger charge is -2.21. The molecule has 0 fully saturated rings. The first-order chi connectivity index (χ1) is 14.1. The van der Waals surface area contributed by atoms with Gasteiger partial charge < -0.3 is 19.7 Å². The molecule has 0 saturated carbocycles. The Kier molecular flexibility index (Phi) is 5.51. The van der Waals surface area contributed by atoms with Crippen molar-refractivity contribution in [2.45, 2.75) is 25.9 Å². The Morgan fingerprint density at radius 3 is 2.86 bits per heavy atom. The van der Waals surface area contributed by atoms with Crippen LogP contribution in [-0.2, 0) is 19.5 Å². The predicted octanol–water partition coefficient (Wildman–Crippen LogP) is 2.30. The van der Waals surface area contributed by atoms with E-state index in [1.54, 1.807) is 24.4 Å². The number of hydrogen-bond acceptors (Lipinski definition) is 5. The average molecular weight is 414 g/mol. The number of aliphatic hydroxyl groups is 1. The van der Waals surface area contributed by atoms with Gasteiger partial charge in [-0.05, 0) is 36.6 Å². The summed E-state index contributed by atoms with van der Waals surface area (Å²) in [6.07, 6.45) is 2.63. The van der Waals surface area contributed by atoms with Crippen LogP contribution in [0.4, 0.5) is 0 Å².